The number of benzene rings is 8. The number of rotatable bonds is 5. The summed E-state index contributed by atoms with van der Waals surface area (Å²) in [6.07, 6.45) is 0. The molecule has 0 saturated carbocycles. The van der Waals surface area contributed by atoms with Crippen LogP contribution in [0.5, 0.6) is 0 Å². The molecule has 4 heteroatoms. The maximum absolute atomic E-state index is 9.42. The molecule has 0 aliphatic rings. The van der Waals surface area contributed by atoms with Crippen LogP contribution in [0.25, 0.3) is 99.9 Å². The molecule has 0 aliphatic heterocycles. The third kappa shape index (κ3) is 5.13. The van der Waals surface area contributed by atoms with E-state index in [0.717, 1.165) is 27.3 Å². The van der Waals surface area contributed by atoms with Crippen molar-refractivity contribution in [1.82, 2.24) is 15.0 Å². The van der Waals surface area contributed by atoms with E-state index in [-0.39, 0.29) is 5.82 Å². The largest absolute Gasteiger partial charge is 0.455 e. The molecule has 10 rings (SSSR count). The zero-order valence-corrected chi connectivity index (χ0v) is 26.4. The average molecular weight is 666 g/mol. The summed E-state index contributed by atoms with van der Waals surface area (Å²) >= 11 is 0. The van der Waals surface area contributed by atoms with Crippen LogP contribution in [0.15, 0.2) is 180 Å². The predicted molar refractivity (Wildman–Crippen MR) is 209 cm³/mol. The Morgan fingerprint density at radius 3 is 1.86 bits per heavy atom. The van der Waals surface area contributed by atoms with Gasteiger partial charge in [-0.1, -0.05) is 145 Å². The molecule has 2 aromatic heterocycles. The molecule has 0 unspecified atom stereocenters. The topological polar surface area (TPSA) is 51.8 Å². The number of nitrogens with zero attached hydrogens (tertiary/aromatic N) is 3. The molecule has 2 heterocycles. The highest BCUT2D eigenvalue weighted by molar-refractivity contribution is 6.19. The summed E-state index contributed by atoms with van der Waals surface area (Å²) in [5.41, 5.74) is 1.38. The normalized spacial score (nSPS) is 15.4. The van der Waals surface area contributed by atoms with Crippen molar-refractivity contribution >= 4 is 43.5 Å². The summed E-state index contributed by atoms with van der Waals surface area (Å²) in [5.74, 6) is -1.04. The van der Waals surface area contributed by atoms with Gasteiger partial charge in [-0.15, -0.1) is 0 Å². The minimum Gasteiger partial charge on any atom is -0.455 e. The van der Waals surface area contributed by atoms with Gasteiger partial charge in [-0.3, -0.25) is 0 Å². The number of aromatic nitrogens is 3. The van der Waals surface area contributed by atoms with Crippen LogP contribution < -0.4 is 0 Å². The first-order chi connectivity index (χ1) is 31.1. The first kappa shape index (κ1) is 18.2. The lowest BCUT2D eigenvalue weighted by Crippen LogP contribution is -2.00. The molecule has 0 fully saturated rings. The highest BCUT2D eigenvalue weighted by atomic mass is 16.3. The van der Waals surface area contributed by atoms with Gasteiger partial charge in [0, 0.05) is 32.8 Å². The van der Waals surface area contributed by atoms with Crippen LogP contribution in [0.2, 0.25) is 0 Å². The molecule has 10 aromatic rings. The van der Waals surface area contributed by atoms with Crippen molar-refractivity contribution in [1.29, 1.82) is 0 Å². The number of hydrogen-bond acceptors (Lipinski definition) is 4. The summed E-state index contributed by atoms with van der Waals surface area (Å²) in [4.78, 5) is 14.0. The second-order valence-corrected chi connectivity index (χ2v) is 11.8. The minimum atomic E-state index is -0.774. The van der Waals surface area contributed by atoms with Gasteiger partial charge >= 0.3 is 0 Å². The number of fused-ring (bicyclic) bond motifs is 6. The van der Waals surface area contributed by atoms with Crippen molar-refractivity contribution in [3.63, 3.8) is 0 Å². The molecule has 51 heavy (non-hydrogen) atoms. The summed E-state index contributed by atoms with van der Waals surface area (Å²) in [7, 11) is 0. The first-order valence-corrected chi connectivity index (χ1v) is 16.0. The van der Waals surface area contributed by atoms with E-state index in [1.807, 2.05) is 60.7 Å². The summed E-state index contributed by atoms with van der Waals surface area (Å²) in [6.45, 7) is 0. The summed E-state index contributed by atoms with van der Waals surface area (Å²) in [5, 5.41) is 4.80. The summed E-state index contributed by atoms with van der Waals surface area (Å²) < 4.78 is 127. The second-order valence-electron chi connectivity index (χ2n) is 11.8. The lowest BCUT2D eigenvalue weighted by Gasteiger charge is -2.11. The SMILES string of the molecule is [2H]c1c([2H])c([2H])c(-c2nc(-c3c([2H])c([2H])c([2H])c(-c4c([2H])c([2H])c([2H])c([2H])c4[2H])c3[2H])nc(-c3cc4c5ccc(-c6ccc7ccccc7c6)cc5oc4c4ccccc34)n2)c([2H])c1[2H]. The second kappa shape index (κ2) is 11.9. The van der Waals surface area contributed by atoms with E-state index in [2.05, 4.69) is 17.1 Å². The Hall–Kier alpha value is -6.91. The Morgan fingerprint density at radius 2 is 1.04 bits per heavy atom. The molecule has 8 aromatic carbocycles. The monoisotopic (exact) mass is 665 g/mol. The van der Waals surface area contributed by atoms with Crippen LogP contribution in [0.4, 0.5) is 0 Å². The zero-order valence-electron chi connectivity index (χ0n) is 40.4. The van der Waals surface area contributed by atoms with Crippen LogP contribution in [0, 0.1) is 0 Å². The van der Waals surface area contributed by atoms with Crippen molar-refractivity contribution in [2.75, 3.05) is 0 Å². The van der Waals surface area contributed by atoms with E-state index in [0.29, 0.717) is 32.9 Å². The molecular weight excluding hydrogens is 623 g/mol. The predicted octanol–water partition coefficient (Wildman–Crippen LogP) is 12.4. The Labute approximate surface area is 314 Å². The van der Waals surface area contributed by atoms with E-state index < -0.39 is 118 Å². The number of furan rings is 1. The molecule has 0 bridgehead atoms. The van der Waals surface area contributed by atoms with Crippen LogP contribution in [0.1, 0.15) is 19.2 Å². The maximum atomic E-state index is 9.42. The molecule has 0 saturated heterocycles. The molecule has 238 valence electrons. The highest BCUT2D eigenvalue weighted by Crippen LogP contribution is 2.41. The minimum absolute atomic E-state index is 0.123. The zero-order chi connectivity index (χ0) is 45.9. The lowest BCUT2D eigenvalue weighted by atomic mass is 9.98. The molecule has 0 atom stereocenters. The Balaban J connectivity index is 1.27. The van der Waals surface area contributed by atoms with E-state index in [4.69, 9.17) is 32.2 Å². The van der Waals surface area contributed by atoms with Gasteiger partial charge in [0.05, 0.1) is 19.2 Å². The van der Waals surface area contributed by atoms with Gasteiger partial charge < -0.3 is 4.42 Å². The van der Waals surface area contributed by atoms with E-state index in [9.17, 15) is 1.37 Å². The number of hydrogen-bond donors (Lipinski definition) is 0. The van der Waals surface area contributed by atoms with Gasteiger partial charge in [0.15, 0.2) is 17.5 Å². The van der Waals surface area contributed by atoms with Gasteiger partial charge in [0.25, 0.3) is 0 Å². The fourth-order valence-electron chi connectivity index (χ4n) is 6.37. The van der Waals surface area contributed by atoms with Gasteiger partial charge in [-0.25, -0.2) is 15.0 Å². The van der Waals surface area contributed by atoms with Crippen LogP contribution in [-0.4, -0.2) is 15.0 Å². The van der Waals surface area contributed by atoms with Gasteiger partial charge in [0.2, 0.25) is 0 Å². The summed E-state index contributed by atoms with van der Waals surface area (Å²) in [6, 6.07) is 19.2. The maximum Gasteiger partial charge on any atom is 0.164 e. The Morgan fingerprint density at radius 1 is 0.412 bits per heavy atom. The molecule has 0 radical (unpaired) electrons. The average Bonchev–Trinajstić information content (AvgIpc) is 3.69. The fraction of sp³-hybridized carbons (Fsp3) is 0. The van der Waals surface area contributed by atoms with Crippen molar-refractivity contribution in [2.45, 2.75) is 0 Å². The molecule has 0 aliphatic carbocycles. The van der Waals surface area contributed by atoms with Gasteiger partial charge in [-0.2, -0.15) is 0 Å². The van der Waals surface area contributed by atoms with Crippen molar-refractivity contribution in [2.24, 2.45) is 0 Å². The fourth-order valence-corrected chi connectivity index (χ4v) is 6.37. The third-order valence-electron chi connectivity index (χ3n) is 8.76. The molecular formula is C47H29N3O. The lowest BCUT2D eigenvalue weighted by molar-refractivity contribution is 0.673. The Kier molecular flexibility index (Phi) is 4.24. The standard InChI is InChI=1S/C47H29N3O/c1-3-12-30(13-4-1)34-18-11-19-37(27-34)46-48-45(32-15-5-2-6-16-32)49-47(50-46)42-29-41-39-25-24-36(35-23-22-31-14-7-8-17-33(31)26-35)28-43(39)51-44(41)40-21-10-9-20-38(40)42/h1-29H/i1D,2D,3D,4D,5D,6D,11D,12D,13D,15D,16D,18D,19D,27D. The first-order valence-electron chi connectivity index (χ1n) is 23.0. The quantitative estimate of drug-likeness (QED) is 0.184. The van der Waals surface area contributed by atoms with E-state index in [1.54, 1.807) is 18.2 Å². The van der Waals surface area contributed by atoms with Crippen molar-refractivity contribution in [3.05, 3.63) is 176 Å². The van der Waals surface area contributed by atoms with E-state index >= 15 is 0 Å². The third-order valence-corrected chi connectivity index (χ3v) is 8.76. The van der Waals surface area contributed by atoms with Gasteiger partial charge in [0.1, 0.15) is 11.2 Å². The van der Waals surface area contributed by atoms with E-state index in [1.165, 1.54) is 0 Å². The molecule has 0 amide bonds. The van der Waals surface area contributed by atoms with Gasteiger partial charge in [-0.05, 0) is 68.7 Å². The van der Waals surface area contributed by atoms with Crippen LogP contribution >= 0.6 is 0 Å². The molecule has 0 spiro atoms. The van der Waals surface area contributed by atoms with Crippen molar-refractivity contribution < 1.29 is 23.6 Å². The smallest absolute Gasteiger partial charge is 0.164 e. The van der Waals surface area contributed by atoms with Crippen LogP contribution in [-0.2, 0) is 0 Å². The van der Waals surface area contributed by atoms with Crippen LogP contribution in [0.3, 0.4) is 0 Å². The molecule has 4 nitrogen and oxygen atoms in total. The highest BCUT2D eigenvalue weighted by Gasteiger charge is 2.19. The Bertz CT molecular complexity index is 3680. The molecule has 0 N–H and O–H groups in total. The van der Waals surface area contributed by atoms with Crippen molar-refractivity contribution in [3.8, 4) is 56.4 Å².